The highest BCUT2D eigenvalue weighted by atomic mass is 35.5. The Morgan fingerprint density at radius 1 is 1.22 bits per heavy atom. The Kier molecular flexibility index (Phi) is 8.61. The van der Waals surface area contributed by atoms with Crippen molar-refractivity contribution in [3.63, 3.8) is 0 Å². The molecule has 4 heterocycles. The zero-order valence-corrected chi connectivity index (χ0v) is 22.6. The minimum Gasteiger partial charge on any atom is -0.381 e. The second-order valence-corrected chi connectivity index (χ2v) is 11.3. The predicted octanol–water partition coefficient (Wildman–Crippen LogP) is 5.35. The van der Waals surface area contributed by atoms with Crippen molar-refractivity contribution in [2.45, 2.75) is 63.5 Å². The number of nitriles is 1. The molecule has 198 valence electrons. The molecule has 3 aliphatic rings. The van der Waals surface area contributed by atoms with Crippen LogP contribution in [0.25, 0.3) is 11.3 Å². The first-order valence-corrected chi connectivity index (χ1v) is 14.1. The molecule has 5 rings (SSSR count). The van der Waals surface area contributed by atoms with Crippen molar-refractivity contribution in [2.75, 3.05) is 45.3 Å². The highest BCUT2D eigenvalue weighted by molar-refractivity contribution is 6.33. The zero-order chi connectivity index (χ0) is 25.7. The van der Waals surface area contributed by atoms with Gasteiger partial charge < -0.3 is 14.8 Å². The van der Waals surface area contributed by atoms with E-state index in [9.17, 15) is 5.26 Å². The highest BCUT2D eigenvalue weighted by Crippen LogP contribution is 2.34. The molecule has 1 atom stereocenters. The van der Waals surface area contributed by atoms with E-state index >= 15 is 0 Å². The van der Waals surface area contributed by atoms with Crippen LogP contribution in [0.3, 0.4) is 0 Å². The molecule has 0 radical (unpaired) electrons. The predicted molar refractivity (Wildman–Crippen MR) is 146 cm³/mol. The molecule has 0 bridgehead atoms. The molecular formula is C29H38ClN5O2. The number of hydrogen-bond acceptors (Lipinski definition) is 7. The Morgan fingerprint density at radius 2 is 2.03 bits per heavy atom. The Morgan fingerprint density at radius 3 is 2.76 bits per heavy atom. The number of rotatable bonds is 8. The van der Waals surface area contributed by atoms with Crippen molar-refractivity contribution in [3.05, 3.63) is 41.2 Å². The molecule has 37 heavy (non-hydrogen) atoms. The van der Waals surface area contributed by atoms with Gasteiger partial charge in [0.05, 0.1) is 28.3 Å². The summed E-state index contributed by atoms with van der Waals surface area (Å²) >= 11 is 6.59. The third kappa shape index (κ3) is 6.43. The molecule has 3 fully saturated rings. The first-order valence-electron chi connectivity index (χ1n) is 13.7. The smallest absolute Gasteiger partial charge is 0.126 e. The lowest BCUT2D eigenvalue weighted by molar-refractivity contribution is 0.0455. The van der Waals surface area contributed by atoms with E-state index in [1.54, 1.807) is 6.20 Å². The van der Waals surface area contributed by atoms with Crippen molar-refractivity contribution >= 4 is 17.4 Å². The lowest BCUT2D eigenvalue weighted by Gasteiger charge is -2.34. The van der Waals surface area contributed by atoms with Crippen LogP contribution in [-0.2, 0) is 15.9 Å². The molecule has 7 nitrogen and oxygen atoms in total. The number of pyridine rings is 2. The fourth-order valence-electron chi connectivity index (χ4n) is 6.11. The number of hydrogen-bond donors (Lipinski definition) is 1. The largest absolute Gasteiger partial charge is 0.381 e. The van der Waals surface area contributed by atoms with Gasteiger partial charge in [0.15, 0.2) is 0 Å². The van der Waals surface area contributed by atoms with E-state index < -0.39 is 5.41 Å². The summed E-state index contributed by atoms with van der Waals surface area (Å²) in [6.45, 7) is 4.08. The summed E-state index contributed by atoms with van der Waals surface area (Å²) in [5.41, 5.74) is 2.40. The van der Waals surface area contributed by atoms with Crippen LogP contribution in [0.5, 0.6) is 0 Å². The molecule has 1 N–H and O–H groups in total. The van der Waals surface area contributed by atoms with Crippen LogP contribution in [0, 0.1) is 22.7 Å². The third-order valence-electron chi connectivity index (χ3n) is 8.57. The van der Waals surface area contributed by atoms with E-state index in [4.69, 9.17) is 26.1 Å². The van der Waals surface area contributed by atoms with Gasteiger partial charge in [-0.2, -0.15) is 5.26 Å². The molecule has 2 saturated heterocycles. The van der Waals surface area contributed by atoms with E-state index in [-0.39, 0.29) is 0 Å². The second kappa shape index (κ2) is 12.1. The summed E-state index contributed by atoms with van der Waals surface area (Å²) in [4.78, 5) is 12.1. The van der Waals surface area contributed by atoms with Gasteiger partial charge in [-0.1, -0.05) is 17.7 Å². The average molecular weight is 524 g/mol. The molecule has 2 aromatic rings. The van der Waals surface area contributed by atoms with Crippen LogP contribution in [0.1, 0.15) is 50.6 Å². The topological polar surface area (TPSA) is 83.3 Å². The van der Waals surface area contributed by atoms with Crippen molar-refractivity contribution in [2.24, 2.45) is 11.3 Å². The summed E-state index contributed by atoms with van der Waals surface area (Å²) in [6, 6.07) is 11.2. The van der Waals surface area contributed by atoms with Gasteiger partial charge in [0.2, 0.25) is 0 Å². The highest BCUT2D eigenvalue weighted by Gasteiger charge is 2.33. The van der Waals surface area contributed by atoms with Crippen molar-refractivity contribution in [3.8, 4) is 17.3 Å². The van der Waals surface area contributed by atoms with E-state index in [0.717, 1.165) is 55.0 Å². The number of aromatic nitrogens is 2. The van der Waals surface area contributed by atoms with E-state index in [1.807, 2.05) is 25.3 Å². The van der Waals surface area contributed by atoms with Crippen LogP contribution in [0.4, 0.5) is 5.82 Å². The maximum Gasteiger partial charge on any atom is 0.126 e. The van der Waals surface area contributed by atoms with Gasteiger partial charge in [0, 0.05) is 63.5 Å². The normalized spacial score (nSPS) is 26.0. The lowest BCUT2D eigenvalue weighted by Crippen LogP contribution is -2.37. The SMILES string of the molecule is CO[C@@H]1CCN(C2CCC(Cc3cc(-c4cccc(NCC5(C#N)CCOCC5)n4)c(Cl)cn3)CC2)C1. The molecule has 2 aromatic heterocycles. The molecular weight excluding hydrogens is 486 g/mol. The van der Waals surface area contributed by atoms with Crippen LogP contribution in [0.2, 0.25) is 5.02 Å². The zero-order valence-electron chi connectivity index (χ0n) is 21.8. The Labute approximate surface area is 225 Å². The van der Waals surface area contributed by atoms with Gasteiger partial charge in [-0.25, -0.2) is 4.98 Å². The van der Waals surface area contributed by atoms with Gasteiger partial charge >= 0.3 is 0 Å². The fourth-order valence-corrected chi connectivity index (χ4v) is 6.31. The summed E-state index contributed by atoms with van der Waals surface area (Å²) in [5, 5.41) is 13.7. The molecule has 8 heteroatoms. The van der Waals surface area contributed by atoms with Gasteiger partial charge in [-0.3, -0.25) is 9.88 Å². The minimum absolute atomic E-state index is 0.406. The summed E-state index contributed by atoms with van der Waals surface area (Å²) < 4.78 is 11.0. The van der Waals surface area contributed by atoms with Crippen LogP contribution < -0.4 is 5.32 Å². The van der Waals surface area contributed by atoms with Gasteiger partial charge in [-0.05, 0) is 75.5 Å². The summed E-state index contributed by atoms with van der Waals surface area (Å²) in [5.74, 6) is 1.41. The number of nitrogens with zero attached hydrogens (tertiary/aromatic N) is 4. The number of nitrogens with one attached hydrogen (secondary N) is 1. The van der Waals surface area contributed by atoms with Crippen LogP contribution >= 0.6 is 11.6 Å². The maximum absolute atomic E-state index is 9.75. The molecule has 0 aromatic carbocycles. The van der Waals surface area contributed by atoms with Crippen LogP contribution in [0.15, 0.2) is 30.5 Å². The summed E-state index contributed by atoms with van der Waals surface area (Å²) in [6.07, 6.45) is 10.8. The molecule has 2 aliphatic heterocycles. The first kappa shape index (κ1) is 26.4. The number of methoxy groups -OCH3 is 1. The maximum atomic E-state index is 9.75. The van der Waals surface area contributed by atoms with Crippen molar-refractivity contribution < 1.29 is 9.47 Å². The summed E-state index contributed by atoms with van der Waals surface area (Å²) in [7, 11) is 1.83. The monoisotopic (exact) mass is 523 g/mol. The van der Waals surface area contributed by atoms with E-state index in [0.29, 0.717) is 42.8 Å². The number of likely N-dealkylation sites (tertiary alicyclic amines) is 1. The van der Waals surface area contributed by atoms with E-state index in [1.165, 1.54) is 32.2 Å². The van der Waals surface area contributed by atoms with Gasteiger partial charge in [0.25, 0.3) is 0 Å². The standard InChI is InChI=1S/C29H38ClN5O2/c1-36-24-9-12-35(18-24)23-7-5-21(6-8-23)15-22-16-25(26(30)17-32-22)27-3-2-4-28(34-27)33-20-29(19-31)10-13-37-14-11-29/h2-4,16-17,21,23-24H,5-15,18,20H2,1H3,(H,33,34)/t21?,23?,24-/m1/s1. The minimum atomic E-state index is -0.406. The van der Waals surface area contributed by atoms with Crippen LogP contribution in [-0.4, -0.2) is 67.0 Å². The van der Waals surface area contributed by atoms with Crippen molar-refractivity contribution in [1.29, 1.82) is 5.26 Å². The molecule has 0 amide bonds. The second-order valence-electron chi connectivity index (χ2n) is 10.9. The lowest BCUT2D eigenvalue weighted by atomic mass is 9.82. The number of halogens is 1. The first-order chi connectivity index (χ1) is 18.1. The third-order valence-corrected chi connectivity index (χ3v) is 8.87. The molecule has 0 spiro atoms. The Bertz CT molecular complexity index is 1090. The molecule has 1 saturated carbocycles. The average Bonchev–Trinajstić information content (AvgIpc) is 3.44. The van der Waals surface area contributed by atoms with Gasteiger partial charge in [0.1, 0.15) is 5.82 Å². The molecule has 1 aliphatic carbocycles. The molecule has 0 unspecified atom stereocenters. The van der Waals surface area contributed by atoms with Gasteiger partial charge in [-0.15, -0.1) is 0 Å². The Hall–Kier alpha value is -2.24. The van der Waals surface area contributed by atoms with Crippen molar-refractivity contribution in [1.82, 2.24) is 14.9 Å². The fraction of sp³-hybridized carbons (Fsp3) is 0.621. The Balaban J connectivity index is 1.20. The number of anilines is 1. The number of ether oxygens (including phenoxy) is 2. The quantitative estimate of drug-likeness (QED) is 0.499. The van der Waals surface area contributed by atoms with E-state index in [2.05, 4.69) is 27.3 Å².